The first-order chi connectivity index (χ1) is 10.9. The SMILES string of the molecule is COC(=O)c1ccc2c(c1)CCCN2S(=O)(=O)c1cnn(C)c1. The number of fused-ring (bicyclic) bond motifs is 1. The number of carbonyl (C=O) groups is 1. The van der Waals surface area contributed by atoms with Crippen LogP contribution >= 0.6 is 0 Å². The molecule has 0 radical (unpaired) electrons. The average Bonchev–Trinajstić information content (AvgIpc) is 3.00. The number of hydrogen-bond acceptors (Lipinski definition) is 5. The highest BCUT2D eigenvalue weighted by Gasteiger charge is 2.30. The van der Waals surface area contributed by atoms with E-state index < -0.39 is 16.0 Å². The lowest BCUT2D eigenvalue weighted by Crippen LogP contribution is -2.35. The summed E-state index contributed by atoms with van der Waals surface area (Å²) in [6.45, 7) is 0.405. The molecule has 1 aliphatic heterocycles. The van der Waals surface area contributed by atoms with Crippen molar-refractivity contribution in [2.24, 2.45) is 7.05 Å². The number of methoxy groups -OCH3 is 1. The molecular weight excluding hydrogens is 318 g/mol. The van der Waals surface area contributed by atoms with Crippen LogP contribution in [0.15, 0.2) is 35.5 Å². The van der Waals surface area contributed by atoms with Crippen LogP contribution in [0, 0.1) is 0 Å². The molecule has 7 nitrogen and oxygen atoms in total. The zero-order valence-electron chi connectivity index (χ0n) is 12.9. The Morgan fingerprint density at radius 1 is 1.35 bits per heavy atom. The van der Waals surface area contributed by atoms with E-state index in [1.54, 1.807) is 25.2 Å². The molecule has 0 bridgehead atoms. The second kappa shape index (κ2) is 5.69. The number of esters is 1. The van der Waals surface area contributed by atoms with Crippen LogP contribution in [0.1, 0.15) is 22.3 Å². The van der Waals surface area contributed by atoms with Gasteiger partial charge in [0.2, 0.25) is 0 Å². The van der Waals surface area contributed by atoms with E-state index in [1.165, 1.54) is 28.5 Å². The summed E-state index contributed by atoms with van der Waals surface area (Å²) in [5, 5.41) is 3.93. The zero-order chi connectivity index (χ0) is 16.6. The largest absolute Gasteiger partial charge is 0.465 e. The lowest BCUT2D eigenvalue weighted by molar-refractivity contribution is 0.0600. The Bertz CT molecular complexity index is 857. The monoisotopic (exact) mass is 335 g/mol. The molecule has 0 fully saturated rings. The topological polar surface area (TPSA) is 81.5 Å². The van der Waals surface area contributed by atoms with Crippen molar-refractivity contribution in [3.63, 3.8) is 0 Å². The van der Waals surface area contributed by atoms with Gasteiger partial charge < -0.3 is 4.74 Å². The predicted molar refractivity (Wildman–Crippen MR) is 83.8 cm³/mol. The molecule has 0 saturated heterocycles. The number of carbonyl (C=O) groups excluding carboxylic acids is 1. The summed E-state index contributed by atoms with van der Waals surface area (Å²) in [4.78, 5) is 11.8. The molecule has 1 aromatic heterocycles. The van der Waals surface area contributed by atoms with Gasteiger partial charge in [-0.25, -0.2) is 13.2 Å². The Hall–Kier alpha value is -2.35. The van der Waals surface area contributed by atoms with Crippen molar-refractivity contribution in [1.29, 1.82) is 0 Å². The van der Waals surface area contributed by atoms with Crippen LogP contribution in [0.2, 0.25) is 0 Å². The van der Waals surface area contributed by atoms with Crippen molar-refractivity contribution in [2.75, 3.05) is 18.0 Å². The fourth-order valence-corrected chi connectivity index (χ4v) is 4.24. The molecule has 122 valence electrons. The minimum absolute atomic E-state index is 0.157. The molecular formula is C15H17N3O4S. The first-order valence-electron chi connectivity index (χ1n) is 7.16. The van der Waals surface area contributed by atoms with Crippen molar-refractivity contribution < 1.29 is 17.9 Å². The number of anilines is 1. The standard InChI is InChI=1S/C15H17N3O4S/c1-17-10-13(9-16-17)23(20,21)18-7-3-4-11-8-12(15(19)22-2)5-6-14(11)18/h5-6,8-10H,3-4,7H2,1-2H3. The van der Waals surface area contributed by atoms with E-state index in [2.05, 4.69) is 5.10 Å². The minimum Gasteiger partial charge on any atom is -0.465 e. The van der Waals surface area contributed by atoms with Crippen molar-refractivity contribution in [2.45, 2.75) is 17.7 Å². The second-order valence-corrected chi connectivity index (χ2v) is 7.23. The molecule has 0 aliphatic carbocycles. The lowest BCUT2D eigenvalue weighted by Gasteiger charge is -2.30. The van der Waals surface area contributed by atoms with Crippen molar-refractivity contribution >= 4 is 21.7 Å². The Morgan fingerprint density at radius 2 is 2.13 bits per heavy atom. The van der Waals surface area contributed by atoms with Gasteiger partial charge >= 0.3 is 5.97 Å². The molecule has 0 amide bonds. The second-order valence-electron chi connectivity index (χ2n) is 5.37. The van der Waals surface area contributed by atoms with E-state index in [9.17, 15) is 13.2 Å². The quantitative estimate of drug-likeness (QED) is 0.791. The van der Waals surface area contributed by atoms with Gasteiger partial charge in [0.05, 0.1) is 24.6 Å². The fourth-order valence-electron chi connectivity index (χ4n) is 2.72. The van der Waals surface area contributed by atoms with Gasteiger partial charge in [-0.1, -0.05) is 0 Å². The third-order valence-electron chi connectivity index (χ3n) is 3.85. The molecule has 0 unspecified atom stereocenters. The number of nitrogens with zero attached hydrogens (tertiary/aromatic N) is 3. The summed E-state index contributed by atoms with van der Waals surface area (Å²) in [6, 6.07) is 4.95. The molecule has 8 heteroatoms. The number of sulfonamides is 1. The fraction of sp³-hybridized carbons (Fsp3) is 0.333. The van der Waals surface area contributed by atoms with Crippen molar-refractivity contribution in [3.05, 3.63) is 41.7 Å². The Kier molecular flexibility index (Phi) is 3.85. The van der Waals surface area contributed by atoms with Gasteiger partial charge in [-0.3, -0.25) is 8.99 Å². The number of aryl methyl sites for hydroxylation is 2. The molecule has 3 rings (SSSR count). The first kappa shape index (κ1) is 15.5. The normalized spacial score (nSPS) is 14.4. The molecule has 0 saturated carbocycles. The van der Waals surface area contributed by atoms with Gasteiger partial charge in [-0.2, -0.15) is 5.10 Å². The molecule has 0 N–H and O–H groups in total. The van der Waals surface area contributed by atoms with E-state index in [4.69, 9.17) is 4.74 Å². The zero-order valence-corrected chi connectivity index (χ0v) is 13.7. The van der Waals surface area contributed by atoms with E-state index in [1.807, 2.05) is 0 Å². The van der Waals surface area contributed by atoms with Gasteiger partial charge in [0.1, 0.15) is 4.90 Å². The molecule has 23 heavy (non-hydrogen) atoms. The van der Waals surface area contributed by atoms with Gasteiger partial charge in [0, 0.05) is 19.8 Å². The van der Waals surface area contributed by atoms with Gasteiger partial charge in [-0.15, -0.1) is 0 Å². The summed E-state index contributed by atoms with van der Waals surface area (Å²) >= 11 is 0. The maximum absolute atomic E-state index is 12.8. The van der Waals surface area contributed by atoms with Crippen LogP contribution in [0.5, 0.6) is 0 Å². The van der Waals surface area contributed by atoms with Crippen LogP contribution in [0.3, 0.4) is 0 Å². The molecule has 2 aromatic rings. The van der Waals surface area contributed by atoms with E-state index in [-0.39, 0.29) is 4.90 Å². The van der Waals surface area contributed by atoms with E-state index >= 15 is 0 Å². The highest BCUT2D eigenvalue weighted by Crippen LogP contribution is 2.32. The van der Waals surface area contributed by atoms with Gasteiger partial charge in [0.25, 0.3) is 10.0 Å². The van der Waals surface area contributed by atoms with Crippen LogP contribution < -0.4 is 4.31 Å². The maximum atomic E-state index is 12.8. The minimum atomic E-state index is -3.66. The summed E-state index contributed by atoms with van der Waals surface area (Å²) in [7, 11) is -0.667. The number of aromatic nitrogens is 2. The molecule has 1 aromatic carbocycles. The summed E-state index contributed by atoms with van der Waals surface area (Å²) in [5.41, 5.74) is 1.85. The average molecular weight is 335 g/mol. The molecule has 2 heterocycles. The number of hydrogen-bond donors (Lipinski definition) is 0. The predicted octanol–water partition coefficient (Wildman–Crippen LogP) is 1.35. The van der Waals surface area contributed by atoms with Crippen LogP contribution in [-0.4, -0.2) is 37.8 Å². The Labute approximate surface area is 134 Å². The lowest BCUT2D eigenvalue weighted by atomic mass is 10.0. The van der Waals surface area contributed by atoms with Crippen LogP contribution in [-0.2, 0) is 28.2 Å². The smallest absolute Gasteiger partial charge is 0.337 e. The molecule has 0 spiro atoms. The van der Waals surface area contributed by atoms with Crippen LogP contribution in [0.25, 0.3) is 0 Å². The summed E-state index contributed by atoms with van der Waals surface area (Å²) < 4.78 is 33.2. The van der Waals surface area contributed by atoms with Gasteiger partial charge in [-0.05, 0) is 36.6 Å². The number of rotatable bonds is 3. The Balaban J connectivity index is 2.03. The highest BCUT2D eigenvalue weighted by atomic mass is 32.2. The van der Waals surface area contributed by atoms with E-state index in [0.717, 1.165) is 12.0 Å². The van der Waals surface area contributed by atoms with Crippen molar-refractivity contribution in [1.82, 2.24) is 9.78 Å². The number of benzene rings is 1. The highest BCUT2D eigenvalue weighted by molar-refractivity contribution is 7.92. The number of ether oxygens (including phenoxy) is 1. The first-order valence-corrected chi connectivity index (χ1v) is 8.60. The van der Waals surface area contributed by atoms with E-state index in [0.29, 0.717) is 24.2 Å². The molecule has 0 atom stereocenters. The van der Waals surface area contributed by atoms with Crippen LogP contribution in [0.4, 0.5) is 5.69 Å². The third kappa shape index (κ3) is 2.70. The summed E-state index contributed by atoms with van der Waals surface area (Å²) in [5.74, 6) is -0.431. The third-order valence-corrected chi connectivity index (χ3v) is 5.61. The van der Waals surface area contributed by atoms with Crippen molar-refractivity contribution in [3.8, 4) is 0 Å². The maximum Gasteiger partial charge on any atom is 0.337 e. The molecule has 1 aliphatic rings. The van der Waals surface area contributed by atoms with Gasteiger partial charge in [0.15, 0.2) is 0 Å². The summed E-state index contributed by atoms with van der Waals surface area (Å²) in [6.07, 6.45) is 4.23. The Morgan fingerprint density at radius 3 is 2.78 bits per heavy atom.